The summed E-state index contributed by atoms with van der Waals surface area (Å²) >= 11 is 0. The van der Waals surface area contributed by atoms with Gasteiger partial charge in [-0.3, -0.25) is 0 Å². The number of esters is 2. The number of epoxide rings is 1. The highest BCUT2D eigenvalue weighted by Gasteiger charge is 2.80. The maximum absolute atomic E-state index is 14.7. The molecular formula is C28H50F2O8Si2. The van der Waals surface area contributed by atoms with E-state index in [1.165, 1.54) is 14.2 Å². The Morgan fingerprint density at radius 3 is 1.85 bits per heavy atom. The van der Waals surface area contributed by atoms with E-state index in [9.17, 15) is 23.5 Å². The van der Waals surface area contributed by atoms with Crippen molar-refractivity contribution in [2.24, 2.45) is 17.8 Å². The molecule has 1 unspecified atom stereocenters. The first-order valence-electron chi connectivity index (χ1n) is 14.2. The molecule has 0 aromatic heterocycles. The Morgan fingerprint density at radius 2 is 1.40 bits per heavy atom. The van der Waals surface area contributed by atoms with Crippen molar-refractivity contribution < 1.29 is 46.5 Å². The summed E-state index contributed by atoms with van der Waals surface area (Å²) in [5.41, 5.74) is -2.06. The normalized spacial score (nSPS) is 37.5. The third-order valence-corrected chi connectivity index (χ3v) is 19.2. The maximum Gasteiger partial charge on any atom is 0.344 e. The topological polar surface area (TPSA) is 104 Å². The van der Waals surface area contributed by atoms with Gasteiger partial charge in [0.2, 0.25) is 11.8 Å². The van der Waals surface area contributed by atoms with Crippen molar-refractivity contribution in [2.45, 2.75) is 133 Å². The largest absolute Gasteiger partial charge is 0.467 e. The molecule has 0 amide bonds. The van der Waals surface area contributed by atoms with Crippen LogP contribution >= 0.6 is 0 Å². The van der Waals surface area contributed by atoms with Crippen LogP contribution in [0.2, 0.25) is 36.3 Å². The molecule has 0 aromatic rings. The van der Waals surface area contributed by atoms with Gasteiger partial charge in [0.1, 0.15) is 0 Å². The van der Waals surface area contributed by atoms with Crippen molar-refractivity contribution in [2.75, 3.05) is 14.2 Å². The Labute approximate surface area is 240 Å². The Hall–Kier alpha value is -0.926. The van der Waals surface area contributed by atoms with Crippen molar-refractivity contribution in [3.63, 3.8) is 0 Å². The van der Waals surface area contributed by atoms with Crippen molar-refractivity contribution in [1.82, 2.24) is 0 Å². The maximum atomic E-state index is 14.7. The van der Waals surface area contributed by atoms with E-state index < -0.39 is 64.3 Å². The third-order valence-electron chi connectivity index (χ3n) is 10.2. The molecule has 1 heterocycles. The SMILES string of the molecule is COC(=O)C(F)[C@@H]1[C@H]2O[C@H]2C[C@H]1O[Si](C)(C)C(C)(C)C.COC(=O)[C@]1(F)[C@@H]2[C@H]1[C@@H](O)C[C@H]2O[Si](C)(C)C(C)(C)C. The fourth-order valence-corrected chi connectivity index (χ4v) is 8.37. The van der Waals surface area contributed by atoms with Crippen LogP contribution in [0.3, 0.4) is 0 Å². The first-order valence-corrected chi connectivity index (χ1v) is 20.0. The zero-order chi connectivity index (χ0) is 30.8. The lowest BCUT2D eigenvalue weighted by Crippen LogP contribution is -2.48. The van der Waals surface area contributed by atoms with Crippen LogP contribution in [-0.4, -0.2) is 90.3 Å². The molecule has 1 saturated heterocycles. The lowest BCUT2D eigenvalue weighted by molar-refractivity contribution is -0.152. The molecule has 232 valence electrons. The molecule has 1 N–H and O–H groups in total. The fraction of sp³-hybridized carbons (Fsp3) is 0.929. The van der Waals surface area contributed by atoms with Crippen LogP contribution in [0.5, 0.6) is 0 Å². The molecule has 4 fully saturated rings. The fourth-order valence-electron chi connectivity index (χ4n) is 5.66. The second-order valence-electron chi connectivity index (χ2n) is 14.8. The minimum Gasteiger partial charge on any atom is -0.467 e. The van der Waals surface area contributed by atoms with E-state index in [-0.39, 0.29) is 34.5 Å². The number of fused-ring (bicyclic) bond motifs is 2. The van der Waals surface area contributed by atoms with Gasteiger partial charge in [-0.1, -0.05) is 41.5 Å². The molecule has 0 bridgehead atoms. The molecular weight excluding hydrogens is 558 g/mol. The predicted octanol–water partition coefficient (Wildman–Crippen LogP) is 4.94. The number of alkyl halides is 2. The van der Waals surface area contributed by atoms with E-state index in [1.807, 2.05) is 0 Å². The Balaban J connectivity index is 0.000000220. The Bertz CT molecular complexity index is 937. The molecule has 8 nitrogen and oxygen atoms in total. The number of hydrogen-bond donors (Lipinski definition) is 1. The summed E-state index contributed by atoms with van der Waals surface area (Å²) in [6.45, 7) is 21.2. The van der Waals surface area contributed by atoms with Gasteiger partial charge in [-0.25, -0.2) is 18.4 Å². The van der Waals surface area contributed by atoms with Crippen molar-refractivity contribution in [1.29, 1.82) is 0 Å². The standard InChI is InChI=1S/2C14H25FO4Si/c1-14(2,3)20(5,6)19-8-7-9-12(18-9)10(8)11(15)13(16)17-4;1-13(2,3)20(5,6)19-9-7-8(16)10-11(9)14(10,15)12(17)18-4/h8-12H,7H2,1-6H3;8-11,16H,7H2,1-6H3/t8-,9+,10-,11?,12+;8-,9+,10+,11-,14+/m10/s1. The van der Waals surface area contributed by atoms with Gasteiger partial charge in [0.25, 0.3) is 0 Å². The smallest absolute Gasteiger partial charge is 0.344 e. The number of hydrogen-bond acceptors (Lipinski definition) is 8. The van der Waals surface area contributed by atoms with Gasteiger partial charge < -0.3 is 28.2 Å². The van der Waals surface area contributed by atoms with E-state index >= 15 is 0 Å². The zero-order valence-electron chi connectivity index (χ0n) is 26.2. The van der Waals surface area contributed by atoms with Gasteiger partial charge in [0, 0.05) is 18.3 Å². The number of aliphatic hydroxyl groups is 1. The van der Waals surface area contributed by atoms with E-state index in [2.05, 4.69) is 77.2 Å². The summed E-state index contributed by atoms with van der Waals surface area (Å²) in [5.74, 6) is -3.45. The molecule has 12 heteroatoms. The molecule has 0 radical (unpaired) electrons. The highest BCUT2D eigenvalue weighted by Crippen LogP contribution is 2.65. The summed E-state index contributed by atoms with van der Waals surface area (Å²) in [5, 5.41) is 10.0. The van der Waals surface area contributed by atoms with Crippen LogP contribution in [0.15, 0.2) is 0 Å². The van der Waals surface area contributed by atoms with Crippen LogP contribution in [0.4, 0.5) is 8.78 Å². The molecule has 1 aliphatic heterocycles. The summed E-state index contributed by atoms with van der Waals surface area (Å²) in [4.78, 5) is 23.1. The molecule has 4 rings (SSSR count). The molecule has 0 aromatic carbocycles. The van der Waals surface area contributed by atoms with E-state index in [0.717, 1.165) is 0 Å². The van der Waals surface area contributed by atoms with Gasteiger partial charge >= 0.3 is 11.9 Å². The summed E-state index contributed by atoms with van der Waals surface area (Å²) in [7, 11) is -1.66. The van der Waals surface area contributed by atoms with E-state index in [4.69, 9.17) is 13.6 Å². The van der Waals surface area contributed by atoms with Gasteiger partial charge in [0.05, 0.1) is 50.7 Å². The van der Waals surface area contributed by atoms with E-state index in [1.54, 1.807) is 0 Å². The van der Waals surface area contributed by atoms with Crippen LogP contribution in [0, 0.1) is 17.8 Å². The lowest BCUT2D eigenvalue weighted by Gasteiger charge is -2.40. The number of halogens is 2. The van der Waals surface area contributed by atoms with Gasteiger partial charge in [-0.15, -0.1) is 0 Å². The lowest BCUT2D eigenvalue weighted by atomic mass is 9.99. The number of carbonyl (C=O) groups is 2. The van der Waals surface area contributed by atoms with Crippen LogP contribution in [0.1, 0.15) is 54.4 Å². The average Bonchev–Trinajstić information content (AvgIpc) is 3.63. The summed E-state index contributed by atoms with van der Waals surface area (Å²) in [6.07, 6.45) is -2.15. The monoisotopic (exact) mass is 608 g/mol. The zero-order valence-corrected chi connectivity index (χ0v) is 28.2. The molecule has 10 atom stereocenters. The number of rotatable bonds is 7. The Kier molecular flexibility index (Phi) is 9.21. The number of ether oxygens (including phenoxy) is 3. The second-order valence-corrected chi connectivity index (χ2v) is 24.3. The van der Waals surface area contributed by atoms with Gasteiger partial charge in [-0.2, -0.15) is 0 Å². The number of aliphatic hydroxyl groups excluding tert-OH is 1. The predicted molar refractivity (Wildman–Crippen MR) is 151 cm³/mol. The minimum atomic E-state index is -2.06. The molecule has 3 saturated carbocycles. The summed E-state index contributed by atoms with van der Waals surface area (Å²) in [6, 6.07) is 0. The summed E-state index contributed by atoms with van der Waals surface area (Å²) < 4.78 is 55.9. The van der Waals surface area contributed by atoms with Crippen molar-refractivity contribution in [3.8, 4) is 0 Å². The molecule has 0 spiro atoms. The van der Waals surface area contributed by atoms with Crippen LogP contribution < -0.4 is 0 Å². The van der Waals surface area contributed by atoms with Crippen molar-refractivity contribution >= 4 is 28.6 Å². The average molecular weight is 609 g/mol. The second kappa shape index (κ2) is 11.0. The van der Waals surface area contributed by atoms with Crippen LogP contribution in [0.25, 0.3) is 0 Å². The minimum absolute atomic E-state index is 0.00909. The molecule has 40 heavy (non-hydrogen) atoms. The molecule has 3 aliphatic carbocycles. The third kappa shape index (κ3) is 6.08. The Morgan fingerprint density at radius 1 is 0.900 bits per heavy atom. The first-order chi connectivity index (χ1) is 18.0. The van der Waals surface area contributed by atoms with E-state index in [0.29, 0.717) is 12.8 Å². The van der Waals surface area contributed by atoms with Gasteiger partial charge in [-0.05, 0) is 42.7 Å². The first kappa shape index (κ1) is 33.6. The number of methoxy groups -OCH3 is 2. The number of carbonyl (C=O) groups excluding carboxylic acids is 2. The highest BCUT2D eigenvalue weighted by atomic mass is 28.4. The highest BCUT2D eigenvalue weighted by molar-refractivity contribution is 6.74. The van der Waals surface area contributed by atoms with Gasteiger partial charge in [0.15, 0.2) is 16.6 Å². The molecule has 4 aliphatic rings. The van der Waals surface area contributed by atoms with Crippen molar-refractivity contribution in [3.05, 3.63) is 0 Å². The van der Waals surface area contributed by atoms with Crippen LogP contribution in [-0.2, 0) is 32.7 Å². The quantitative estimate of drug-likeness (QED) is 0.246.